The van der Waals surface area contributed by atoms with Crippen molar-refractivity contribution in [1.29, 1.82) is 0 Å². The molecular weight excluding hydrogens is 383 g/mol. The van der Waals surface area contributed by atoms with Crippen LogP contribution < -0.4 is 0 Å². The minimum Gasteiger partial charge on any atom is -0.319 e. The van der Waals surface area contributed by atoms with Crippen LogP contribution in [-0.2, 0) is 0 Å². The summed E-state index contributed by atoms with van der Waals surface area (Å²) in [7, 11) is 0. The highest BCUT2D eigenvalue weighted by Crippen LogP contribution is 2.41. The number of nitrogens with zero attached hydrogens (tertiary/aromatic N) is 2. The summed E-state index contributed by atoms with van der Waals surface area (Å²) in [5.41, 5.74) is 2.18. The molecule has 0 aliphatic heterocycles. The summed E-state index contributed by atoms with van der Waals surface area (Å²) in [5.74, 6) is 0.981. The van der Waals surface area contributed by atoms with E-state index in [1.54, 1.807) is 12.5 Å². The fraction of sp³-hybridized carbons (Fsp3) is 0.190. The van der Waals surface area contributed by atoms with Gasteiger partial charge in [-0.3, -0.25) is 0 Å². The zero-order chi connectivity index (χ0) is 18.2. The minimum atomic E-state index is -0.207. The van der Waals surface area contributed by atoms with E-state index in [9.17, 15) is 0 Å². The van der Waals surface area contributed by atoms with Gasteiger partial charge in [0.1, 0.15) is 5.50 Å². The molecule has 1 aromatic heterocycles. The van der Waals surface area contributed by atoms with Gasteiger partial charge < -0.3 is 4.57 Å². The van der Waals surface area contributed by atoms with Crippen LogP contribution in [0, 0.1) is 0 Å². The molecule has 0 aliphatic rings. The SMILES string of the molecule is Clc1ccc(C(SCCC=Cc2ccccc2)C(Cl)n2ccnc2)cc1. The molecule has 2 unspecified atom stereocenters. The molecule has 3 rings (SSSR count). The van der Waals surface area contributed by atoms with Crippen molar-refractivity contribution in [3.63, 3.8) is 0 Å². The molecule has 2 aromatic carbocycles. The molecule has 2 nitrogen and oxygen atoms in total. The summed E-state index contributed by atoms with van der Waals surface area (Å²) in [6.45, 7) is 0. The van der Waals surface area contributed by atoms with Crippen LogP contribution in [0.1, 0.15) is 28.3 Å². The fourth-order valence-electron chi connectivity index (χ4n) is 2.61. The average Bonchev–Trinajstić information content (AvgIpc) is 3.21. The molecule has 0 aliphatic carbocycles. The van der Waals surface area contributed by atoms with E-state index in [-0.39, 0.29) is 10.8 Å². The smallest absolute Gasteiger partial charge is 0.125 e. The highest BCUT2D eigenvalue weighted by atomic mass is 35.5. The van der Waals surface area contributed by atoms with Crippen LogP contribution in [0.3, 0.4) is 0 Å². The molecule has 0 saturated carbocycles. The minimum absolute atomic E-state index is 0.119. The predicted molar refractivity (Wildman–Crippen MR) is 114 cm³/mol. The normalized spacial score (nSPS) is 13.8. The molecule has 134 valence electrons. The van der Waals surface area contributed by atoms with Gasteiger partial charge in [0.25, 0.3) is 0 Å². The first-order chi connectivity index (χ1) is 12.7. The van der Waals surface area contributed by atoms with Gasteiger partial charge in [0.15, 0.2) is 0 Å². The summed E-state index contributed by atoms with van der Waals surface area (Å²) < 4.78 is 1.94. The highest BCUT2D eigenvalue weighted by Gasteiger charge is 2.22. The van der Waals surface area contributed by atoms with E-state index in [1.807, 2.05) is 65.0 Å². The Labute approximate surface area is 168 Å². The van der Waals surface area contributed by atoms with Gasteiger partial charge in [-0.1, -0.05) is 77.8 Å². The van der Waals surface area contributed by atoms with Crippen molar-refractivity contribution >= 4 is 41.0 Å². The number of benzene rings is 2. The number of thioether (sulfide) groups is 1. The second-order valence-corrected chi connectivity index (χ2v) is 7.96. The fourth-order valence-corrected chi connectivity index (χ4v) is 4.39. The lowest BCUT2D eigenvalue weighted by Crippen LogP contribution is -2.09. The molecule has 0 N–H and O–H groups in total. The Kier molecular flexibility index (Phi) is 7.24. The Hall–Kier alpha value is -1.68. The number of halogens is 2. The van der Waals surface area contributed by atoms with Crippen LogP contribution in [0.4, 0.5) is 0 Å². The molecule has 0 amide bonds. The second-order valence-electron chi connectivity index (χ2n) is 5.83. The molecule has 0 spiro atoms. The van der Waals surface area contributed by atoms with E-state index < -0.39 is 0 Å². The van der Waals surface area contributed by atoms with Gasteiger partial charge in [0.2, 0.25) is 0 Å². The van der Waals surface area contributed by atoms with E-state index in [0.717, 1.165) is 17.2 Å². The van der Waals surface area contributed by atoms with Crippen molar-refractivity contribution in [1.82, 2.24) is 9.55 Å². The first-order valence-electron chi connectivity index (χ1n) is 8.44. The number of allylic oxidation sites excluding steroid dienone is 1. The van der Waals surface area contributed by atoms with Gasteiger partial charge in [-0.05, 0) is 35.4 Å². The summed E-state index contributed by atoms with van der Waals surface area (Å²) >= 11 is 14.6. The van der Waals surface area contributed by atoms with Gasteiger partial charge in [-0.2, -0.15) is 0 Å². The maximum Gasteiger partial charge on any atom is 0.125 e. The first-order valence-corrected chi connectivity index (χ1v) is 10.3. The third-order valence-corrected chi connectivity index (χ3v) is 6.19. The maximum absolute atomic E-state index is 6.75. The summed E-state index contributed by atoms with van der Waals surface area (Å²) in [6, 6.07) is 18.3. The van der Waals surface area contributed by atoms with Crippen LogP contribution in [-0.4, -0.2) is 15.3 Å². The van der Waals surface area contributed by atoms with Gasteiger partial charge in [-0.25, -0.2) is 4.98 Å². The highest BCUT2D eigenvalue weighted by molar-refractivity contribution is 7.99. The molecule has 0 bridgehead atoms. The van der Waals surface area contributed by atoms with Crippen molar-refractivity contribution in [2.75, 3.05) is 5.75 Å². The Morgan fingerprint density at radius 1 is 1.08 bits per heavy atom. The van der Waals surface area contributed by atoms with Gasteiger partial charge >= 0.3 is 0 Å². The molecule has 1 heterocycles. The van der Waals surface area contributed by atoms with Crippen LogP contribution in [0.5, 0.6) is 0 Å². The molecule has 0 saturated heterocycles. The summed E-state index contributed by atoms with van der Waals surface area (Å²) in [4.78, 5) is 4.11. The van der Waals surface area contributed by atoms with Crippen molar-refractivity contribution in [3.05, 3.63) is 95.5 Å². The number of alkyl halides is 1. The van der Waals surface area contributed by atoms with Crippen LogP contribution in [0.25, 0.3) is 6.08 Å². The summed E-state index contributed by atoms with van der Waals surface area (Å²) in [5, 5.41) is 0.852. The number of hydrogen-bond donors (Lipinski definition) is 0. The standard InChI is InChI=1S/C21H20Cl2N2S/c22-19-11-9-18(10-12-19)20(21(23)25-14-13-24-16-25)26-15-5-4-8-17-6-2-1-3-7-17/h1-4,6-14,16,20-21H,5,15H2. The topological polar surface area (TPSA) is 17.8 Å². The lowest BCUT2D eigenvalue weighted by molar-refractivity contribution is 0.651. The zero-order valence-corrected chi connectivity index (χ0v) is 16.5. The maximum atomic E-state index is 6.75. The number of imidazole rings is 1. The number of rotatable bonds is 8. The van der Waals surface area contributed by atoms with Crippen molar-refractivity contribution in [2.24, 2.45) is 0 Å². The number of hydrogen-bond acceptors (Lipinski definition) is 2. The van der Waals surface area contributed by atoms with Crippen LogP contribution in [0.2, 0.25) is 5.02 Å². The van der Waals surface area contributed by atoms with E-state index in [1.165, 1.54) is 11.1 Å². The van der Waals surface area contributed by atoms with Crippen LogP contribution >= 0.6 is 35.0 Å². The van der Waals surface area contributed by atoms with E-state index in [0.29, 0.717) is 0 Å². The van der Waals surface area contributed by atoms with Gasteiger partial charge in [0.05, 0.1) is 11.6 Å². The van der Waals surface area contributed by atoms with E-state index >= 15 is 0 Å². The third-order valence-electron chi connectivity index (χ3n) is 3.95. The quantitative estimate of drug-likeness (QED) is 0.302. The lowest BCUT2D eigenvalue weighted by Gasteiger charge is -2.23. The van der Waals surface area contributed by atoms with Gasteiger partial charge in [-0.15, -0.1) is 11.8 Å². The molecule has 3 aromatic rings. The second kappa shape index (κ2) is 9.86. The zero-order valence-electron chi connectivity index (χ0n) is 14.2. The Morgan fingerprint density at radius 3 is 2.54 bits per heavy atom. The molecular formula is C21H20Cl2N2S. The number of aromatic nitrogens is 2. The molecule has 2 atom stereocenters. The monoisotopic (exact) mass is 402 g/mol. The van der Waals surface area contributed by atoms with Crippen molar-refractivity contribution < 1.29 is 0 Å². The van der Waals surface area contributed by atoms with E-state index in [4.69, 9.17) is 23.2 Å². The predicted octanol–water partition coefficient (Wildman–Crippen LogP) is 6.85. The van der Waals surface area contributed by atoms with Crippen molar-refractivity contribution in [2.45, 2.75) is 17.2 Å². The van der Waals surface area contributed by atoms with E-state index in [2.05, 4.69) is 29.3 Å². The summed E-state index contributed by atoms with van der Waals surface area (Å²) in [6.07, 6.45) is 10.8. The van der Waals surface area contributed by atoms with Crippen LogP contribution in [0.15, 0.2) is 79.4 Å². The lowest BCUT2D eigenvalue weighted by atomic mass is 10.1. The molecule has 0 radical (unpaired) electrons. The largest absolute Gasteiger partial charge is 0.319 e. The molecule has 0 fully saturated rings. The Morgan fingerprint density at radius 2 is 1.85 bits per heavy atom. The van der Waals surface area contributed by atoms with Crippen molar-refractivity contribution in [3.8, 4) is 0 Å². The van der Waals surface area contributed by atoms with Gasteiger partial charge in [0, 0.05) is 17.4 Å². The average molecular weight is 403 g/mol. The third kappa shape index (κ3) is 5.41. The Bertz CT molecular complexity index is 802. The molecule has 5 heteroatoms. The molecule has 26 heavy (non-hydrogen) atoms. The Balaban J connectivity index is 1.64. The first kappa shape index (κ1) is 19.1.